The fourth-order valence-corrected chi connectivity index (χ4v) is 2.54. The molecule has 0 aliphatic rings. The lowest BCUT2D eigenvalue weighted by molar-refractivity contribution is 0.560. The van der Waals surface area contributed by atoms with Gasteiger partial charge in [0.15, 0.2) is 0 Å². The van der Waals surface area contributed by atoms with Crippen LogP contribution in [0.1, 0.15) is 17.2 Å². The predicted molar refractivity (Wildman–Crippen MR) is 82.3 cm³/mol. The Morgan fingerprint density at radius 2 is 1.95 bits per heavy atom. The number of hydrazine groups is 1. The maximum absolute atomic E-state index is 14.2. The number of aromatic nitrogens is 1. The zero-order valence-corrected chi connectivity index (χ0v) is 11.8. The molecule has 0 fully saturated rings. The number of pyridine rings is 1. The number of fused-ring (bicyclic) bond motifs is 1. The van der Waals surface area contributed by atoms with Gasteiger partial charge in [0.25, 0.3) is 0 Å². The van der Waals surface area contributed by atoms with Crippen molar-refractivity contribution in [2.75, 3.05) is 0 Å². The van der Waals surface area contributed by atoms with Crippen LogP contribution >= 0.6 is 11.6 Å². The number of nitrogens with zero attached hydrogens (tertiary/aromatic N) is 1. The summed E-state index contributed by atoms with van der Waals surface area (Å²) in [5, 5.41) is 1.04. The first-order valence-corrected chi connectivity index (χ1v) is 6.83. The van der Waals surface area contributed by atoms with Crippen molar-refractivity contribution in [2.45, 2.75) is 6.04 Å². The third-order valence-corrected chi connectivity index (χ3v) is 3.70. The Balaban J connectivity index is 2.11. The number of nitrogens with one attached hydrogen (secondary N) is 1. The van der Waals surface area contributed by atoms with E-state index in [9.17, 15) is 4.39 Å². The normalized spacial score (nSPS) is 12.5. The van der Waals surface area contributed by atoms with Crippen LogP contribution in [0.3, 0.4) is 0 Å². The van der Waals surface area contributed by atoms with Gasteiger partial charge in [-0.05, 0) is 23.8 Å². The second-order valence-corrected chi connectivity index (χ2v) is 5.11. The Morgan fingerprint density at radius 1 is 1.14 bits per heavy atom. The van der Waals surface area contributed by atoms with Gasteiger partial charge in [-0.3, -0.25) is 10.8 Å². The van der Waals surface area contributed by atoms with E-state index in [1.807, 2.05) is 30.3 Å². The number of hydrogen-bond acceptors (Lipinski definition) is 3. The minimum absolute atomic E-state index is 0.0708. The molecule has 0 spiro atoms. The van der Waals surface area contributed by atoms with Crippen molar-refractivity contribution in [3.05, 3.63) is 76.7 Å². The quantitative estimate of drug-likeness (QED) is 0.574. The summed E-state index contributed by atoms with van der Waals surface area (Å²) < 4.78 is 14.2. The molecule has 5 heteroatoms. The molecule has 1 unspecified atom stereocenters. The molecule has 1 aromatic heterocycles. The van der Waals surface area contributed by atoms with E-state index in [0.29, 0.717) is 5.56 Å². The smallest absolute Gasteiger partial charge is 0.146 e. The van der Waals surface area contributed by atoms with E-state index in [-0.39, 0.29) is 5.02 Å². The second-order valence-electron chi connectivity index (χ2n) is 4.70. The first-order chi connectivity index (χ1) is 10.2. The van der Waals surface area contributed by atoms with Gasteiger partial charge in [-0.15, -0.1) is 0 Å². The van der Waals surface area contributed by atoms with E-state index in [0.717, 1.165) is 16.5 Å². The molecule has 0 aliphatic carbocycles. The van der Waals surface area contributed by atoms with Crippen molar-refractivity contribution >= 4 is 22.5 Å². The maximum Gasteiger partial charge on any atom is 0.146 e. The van der Waals surface area contributed by atoms with E-state index in [2.05, 4.69) is 10.4 Å². The zero-order chi connectivity index (χ0) is 14.8. The van der Waals surface area contributed by atoms with E-state index < -0.39 is 11.9 Å². The van der Waals surface area contributed by atoms with Gasteiger partial charge in [-0.1, -0.05) is 41.9 Å². The molecule has 1 atom stereocenters. The summed E-state index contributed by atoms with van der Waals surface area (Å²) in [6, 6.07) is 14.0. The van der Waals surface area contributed by atoms with Gasteiger partial charge >= 0.3 is 0 Å². The molecule has 3 aromatic rings. The van der Waals surface area contributed by atoms with Crippen LogP contribution in [0.4, 0.5) is 4.39 Å². The van der Waals surface area contributed by atoms with Gasteiger partial charge in [0, 0.05) is 17.1 Å². The molecule has 0 amide bonds. The lowest BCUT2D eigenvalue weighted by atomic mass is 9.99. The number of hydrogen-bond donors (Lipinski definition) is 2. The largest absolute Gasteiger partial charge is 0.271 e. The SMILES string of the molecule is NNC(c1cnc2ccccc2c1)c1cccc(Cl)c1F. The molecule has 0 saturated heterocycles. The van der Waals surface area contributed by atoms with Crippen LogP contribution in [0.5, 0.6) is 0 Å². The molecule has 0 aliphatic heterocycles. The monoisotopic (exact) mass is 301 g/mol. The number of halogens is 2. The van der Waals surface area contributed by atoms with Gasteiger partial charge in [-0.25, -0.2) is 9.82 Å². The van der Waals surface area contributed by atoms with Crippen molar-refractivity contribution in [3.8, 4) is 0 Å². The first kappa shape index (κ1) is 13.9. The van der Waals surface area contributed by atoms with Crippen molar-refractivity contribution in [1.29, 1.82) is 0 Å². The van der Waals surface area contributed by atoms with E-state index in [4.69, 9.17) is 17.4 Å². The zero-order valence-electron chi connectivity index (χ0n) is 11.1. The highest BCUT2D eigenvalue weighted by atomic mass is 35.5. The van der Waals surface area contributed by atoms with Gasteiger partial charge in [0.05, 0.1) is 16.6 Å². The summed E-state index contributed by atoms with van der Waals surface area (Å²) in [4.78, 5) is 4.38. The predicted octanol–water partition coefficient (Wildman–Crippen LogP) is 3.58. The van der Waals surface area contributed by atoms with E-state index in [1.165, 1.54) is 6.07 Å². The van der Waals surface area contributed by atoms with Crippen LogP contribution < -0.4 is 11.3 Å². The van der Waals surface area contributed by atoms with Crippen molar-refractivity contribution < 1.29 is 4.39 Å². The molecule has 0 bridgehead atoms. The molecular weight excluding hydrogens is 289 g/mol. The van der Waals surface area contributed by atoms with Crippen LogP contribution in [-0.4, -0.2) is 4.98 Å². The summed E-state index contributed by atoms with van der Waals surface area (Å²) >= 11 is 5.84. The summed E-state index contributed by atoms with van der Waals surface area (Å²) in [6.07, 6.45) is 1.69. The van der Waals surface area contributed by atoms with Crippen LogP contribution in [0.15, 0.2) is 54.7 Å². The summed E-state index contributed by atoms with van der Waals surface area (Å²) in [6.45, 7) is 0. The van der Waals surface area contributed by atoms with Gasteiger partial charge in [0.1, 0.15) is 5.82 Å². The summed E-state index contributed by atoms with van der Waals surface area (Å²) in [5.74, 6) is 5.14. The Kier molecular flexibility index (Phi) is 3.84. The topological polar surface area (TPSA) is 50.9 Å². The highest BCUT2D eigenvalue weighted by Gasteiger charge is 2.18. The van der Waals surface area contributed by atoms with E-state index >= 15 is 0 Å². The molecule has 1 heterocycles. The lowest BCUT2D eigenvalue weighted by Crippen LogP contribution is -2.29. The summed E-state index contributed by atoms with van der Waals surface area (Å²) in [5.41, 5.74) is 4.67. The summed E-state index contributed by atoms with van der Waals surface area (Å²) in [7, 11) is 0. The number of para-hydroxylation sites is 1. The molecule has 3 N–H and O–H groups in total. The third kappa shape index (κ3) is 2.61. The number of rotatable bonds is 3. The molecule has 2 aromatic carbocycles. The number of benzene rings is 2. The minimum Gasteiger partial charge on any atom is -0.271 e. The van der Waals surface area contributed by atoms with Crippen LogP contribution in [0.25, 0.3) is 10.9 Å². The fraction of sp³-hybridized carbons (Fsp3) is 0.0625. The molecule has 0 saturated carbocycles. The van der Waals surface area contributed by atoms with Crippen molar-refractivity contribution in [2.24, 2.45) is 5.84 Å². The molecule has 3 nitrogen and oxygen atoms in total. The molecule has 21 heavy (non-hydrogen) atoms. The standard InChI is InChI=1S/C16H13ClFN3/c17-13-6-3-5-12(15(13)18)16(21-19)11-8-10-4-1-2-7-14(10)20-9-11/h1-9,16,21H,19H2. The average Bonchev–Trinajstić information content (AvgIpc) is 2.52. The third-order valence-electron chi connectivity index (χ3n) is 3.40. The number of nitrogens with two attached hydrogens (primary N) is 1. The van der Waals surface area contributed by atoms with Gasteiger partial charge < -0.3 is 0 Å². The van der Waals surface area contributed by atoms with Crippen molar-refractivity contribution in [1.82, 2.24) is 10.4 Å². The Labute approximate surface area is 126 Å². The molecule has 106 valence electrons. The van der Waals surface area contributed by atoms with Crippen molar-refractivity contribution in [3.63, 3.8) is 0 Å². The second kappa shape index (κ2) is 5.77. The Morgan fingerprint density at radius 3 is 2.76 bits per heavy atom. The Hall–Kier alpha value is -2.01. The maximum atomic E-state index is 14.2. The average molecular weight is 302 g/mol. The Bertz CT molecular complexity index is 791. The van der Waals surface area contributed by atoms with Crippen LogP contribution in [0.2, 0.25) is 5.02 Å². The van der Waals surface area contributed by atoms with Gasteiger partial charge in [0.2, 0.25) is 0 Å². The highest BCUT2D eigenvalue weighted by Crippen LogP contribution is 2.28. The lowest BCUT2D eigenvalue weighted by Gasteiger charge is -2.18. The van der Waals surface area contributed by atoms with Crippen LogP contribution in [0, 0.1) is 5.82 Å². The van der Waals surface area contributed by atoms with Gasteiger partial charge in [-0.2, -0.15) is 0 Å². The molecule has 0 radical (unpaired) electrons. The molecular formula is C16H13ClFN3. The molecule has 3 rings (SSSR count). The highest BCUT2D eigenvalue weighted by molar-refractivity contribution is 6.30. The fourth-order valence-electron chi connectivity index (χ4n) is 2.35. The van der Waals surface area contributed by atoms with Crippen LogP contribution in [-0.2, 0) is 0 Å². The minimum atomic E-state index is -0.513. The first-order valence-electron chi connectivity index (χ1n) is 6.45. The van der Waals surface area contributed by atoms with E-state index in [1.54, 1.807) is 18.3 Å².